The number of hydrogen-bond donors (Lipinski definition) is 1. The average molecular weight is 236 g/mol. The number of aromatic nitrogens is 3. The molecule has 0 spiro atoms. The van der Waals surface area contributed by atoms with E-state index in [2.05, 4.69) is 26.3 Å². The molecule has 3 rings (SSSR count). The molecule has 1 aromatic carbocycles. The Bertz CT molecular complexity index is 694. The predicted molar refractivity (Wildman–Crippen MR) is 72.3 cm³/mol. The minimum atomic E-state index is 0.811. The molecule has 0 amide bonds. The number of benzene rings is 1. The Morgan fingerprint density at radius 3 is 2.83 bits per heavy atom. The Balaban J connectivity index is 2.13. The van der Waals surface area contributed by atoms with Gasteiger partial charge >= 0.3 is 0 Å². The number of hydrogen-bond acceptors (Lipinski definition) is 4. The van der Waals surface area contributed by atoms with Gasteiger partial charge < -0.3 is 5.32 Å². The highest BCUT2D eigenvalue weighted by atomic mass is 15.0. The minimum absolute atomic E-state index is 0.811. The summed E-state index contributed by atoms with van der Waals surface area (Å²) in [5.41, 5.74) is 2.96. The van der Waals surface area contributed by atoms with Crippen molar-refractivity contribution in [1.82, 2.24) is 15.0 Å². The summed E-state index contributed by atoms with van der Waals surface area (Å²) < 4.78 is 0. The number of nitrogens with one attached hydrogen (secondary N) is 1. The highest BCUT2D eigenvalue weighted by Crippen LogP contribution is 2.22. The largest absolute Gasteiger partial charge is 0.373 e. The molecule has 3 aromatic rings. The molecule has 4 nitrogen and oxygen atoms in total. The Hall–Kier alpha value is -2.49. The lowest BCUT2D eigenvalue weighted by molar-refractivity contribution is 1.16. The Morgan fingerprint density at radius 1 is 1.00 bits per heavy atom. The first kappa shape index (κ1) is 10.7. The third kappa shape index (κ3) is 1.88. The topological polar surface area (TPSA) is 50.7 Å². The smallest absolute Gasteiger partial charge is 0.129 e. The maximum absolute atomic E-state index is 4.30. The Morgan fingerprint density at radius 2 is 1.94 bits per heavy atom. The van der Waals surface area contributed by atoms with Crippen LogP contribution in [0.3, 0.4) is 0 Å². The molecule has 18 heavy (non-hydrogen) atoms. The summed E-state index contributed by atoms with van der Waals surface area (Å²) in [4.78, 5) is 12.7. The van der Waals surface area contributed by atoms with E-state index < -0.39 is 0 Å². The van der Waals surface area contributed by atoms with Gasteiger partial charge in [-0.25, -0.2) is 9.97 Å². The maximum Gasteiger partial charge on any atom is 0.129 e. The summed E-state index contributed by atoms with van der Waals surface area (Å²) in [6.45, 7) is 0. The summed E-state index contributed by atoms with van der Waals surface area (Å²) in [6.07, 6.45) is 3.36. The van der Waals surface area contributed by atoms with Gasteiger partial charge in [-0.2, -0.15) is 0 Å². The maximum atomic E-state index is 4.30. The fraction of sp³-hybridized carbons (Fsp3) is 0.0714. The van der Waals surface area contributed by atoms with E-state index in [4.69, 9.17) is 0 Å². The van der Waals surface area contributed by atoms with Gasteiger partial charge in [0.25, 0.3) is 0 Å². The molecule has 0 radical (unpaired) electrons. The molecule has 0 saturated carbocycles. The predicted octanol–water partition coefficient (Wildman–Crippen LogP) is 2.73. The van der Waals surface area contributed by atoms with Crippen LogP contribution in [0.5, 0.6) is 0 Å². The second-order valence-electron chi connectivity index (χ2n) is 3.95. The van der Waals surface area contributed by atoms with Crippen molar-refractivity contribution in [3.05, 3.63) is 48.9 Å². The van der Waals surface area contributed by atoms with Crippen molar-refractivity contribution in [3.63, 3.8) is 0 Å². The van der Waals surface area contributed by atoms with Gasteiger partial charge in [0.1, 0.15) is 12.1 Å². The zero-order chi connectivity index (χ0) is 12.4. The lowest BCUT2D eigenvalue weighted by Gasteiger charge is -2.04. The van der Waals surface area contributed by atoms with Crippen LogP contribution in [0, 0.1) is 0 Å². The summed E-state index contributed by atoms with van der Waals surface area (Å²) in [5.74, 6) is 0.811. The number of rotatable bonds is 2. The van der Waals surface area contributed by atoms with Gasteiger partial charge in [0.15, 0.2) is 0 Å². The molecule has 0 aliphatic carbocycles. The summed E-state index contributed by atoms with van der Waals surface area (Å²) in [7, 11) is 1.84. The van der Waals surface area contributed by atoms with Crippen LogP contribution in [0.25, 0.3) is 22.2 Å². The van der Waals surface area contributed by atoms with E-state index in [9.17, 15) is 0 Å². The standard InChI is InChI=1S/C14H12N4/c1-15-14-8-13(17-9-18-14)11-4-5-12-10(7-11)3-2-6-16-12/h2-9H,1H3,(H,15,17,18). The van der Waals surface area contributed by atoms with E-state index in [1.807, 2.05) is 37.4 Å². The number of anilines is 1. The highest BCUT2D eigenvalue weighted by molar-refractivity contribution is 5.83. The number of fused-ring (bicyclic) bond motifs is 1. The third-order valence-electron chi connectivity index (χ3n) is 2.82. The molecule has 0 aliphatic heterocycles. The van der Waals surface area contributed by atoms with Crippen molar-refractivity contribution < 1.29 is 0 Å². The van der Waals surface area contributed by atoms with Crippen LogP contribution in [0.15, 0.2) is 48.9 Å². The number of nitrogens with zero attached hydrogens (tertiary/aromatic N) is 3. The molecular weight excluding hydrogens is 224 g/mol. The first-order valence-electron chi connectivity index (χ1n) is 5.72. The zero-order valence-corrected chi connectivity index (χ0v) is 9.96. The van der Waals surface area contributed by atoms with Crippen molar-refractivity contribution in [2.45, 2.75) is 0 Å². The van der Waals surface area contributed by atoms with Crippen LogP contribution < -0.4 is 5.32 Å². The normalized spacial score (nSPS) is 10.5. The molecular formula is C14H12N4. The summed E-state index contributed by atoms with van der Waals surface area (Å²) in [6, 6.07) is 12.0. The van der Waals surface area contributed by atoms with Crippen molar-refractivity contribution in [2.24, 2.45) is 0 Å². The molecule has 0 bridgehead atoms. The average Bonchev–Trinajstić information content (AvgIpc) is 2.47. The van der Waals surface area contributed by atoms with E-state index in [0.29, 0.717) is 0 Å². The molecule has 4 heteroatoms. The SMILES string of the molecule is CNc1cc(-c2ccc3ncccc3c2)ncn1. The van der Waals surface area contributed by atoms with Crippen LogP contribution >= 0.6 is 0 Å². The zero-order valence-electron chi connectivity index (χ0n) is 9.96. The molecule has 2 aromatic heterocycles. The molecule has 2 heterocycles. The van der Waals surface area contributed by atoms with E-state index in [1.54, 1.807) is 12.5 Å². The fourth-order valence-corrected chi connectivity index (χ4v) is 1.89. The molecule has 0 atom stereocenters. The van der Waals surface area contributed by atoms with Gasteiger partial charge in [-0.1, -0.05) is 12.1 Å². The van der Waals surface area contributed by atoms with Gasteiger partial charge in [0.2, 0.25) is 0 Å². The van der Waals surface area contributed by atoms with Crippen LogP contribution in [-0.2, 0) is 0 Å². The monoisotopic (exact) mass is 236 g/mol. The first-order valence-corrected chi connectivity index (χ1v) is 5.72. The summed E-state index contributed by atoms with van der Waals surface area (Å²) >= 11 is 0. The molecule has 0 aliphatic rings. The molecule has 1 N–H and O–H groups in total. The van der Waals surface area contributed by atoms with Crippen molar-refractivity contribution >= 4 is 16.7 Å². The van der Waals surface area contributed by atoms with Crippen LogP contribution in [-0.4, -0.2) is 22.0 Å². The van der Waals surface area contributed by atoms with Gasteiger partial charge in [-0.05, 0) is 18.2 Å². The second kappa shape index (κ2) is 4.41. The Kier molecular flexibility index (Phi) is 2.61. The third-order valence-corrected chi connectivity index (χ3v) is 2.82. The lowest BCUT2D eigenvalue weighted by atomic mass is 10.1. The van der Waals surface area contributed by atoms with Crippen molar-refractivity contribution in [2.75, 3.05) is 12.4 Å². The first-order chi connectivity index (χ1) is 8.86. The Labute approximate surface area is 105 Å². The van der Waals surface area contributed by atoms with Crippen molar-refractivity contribution in [1.29, 1.82) is 0 Å². The van der Waals surface area contributed by atoms with Gasteiger partial charge in [-0.3, -0.25) is 4.98 Å². The second-order valence-corrected chi connectivity index (χ2v) is 3.95. The summed E-state index contributed by atoms with van der Waals surface area (Å²) in [5, 5.41) is 4.12. The molecule has 0 unspecified atom stereocenters. The number of pyridine rings is 1. The quantitative estimate of drug-likeness (QED) is 0.743. The highest BCUT2D eigenvalue weighted by Gasteiger charge is 2.02. The minimum Gasteiger partial charge on any atom is -0.373 e. The van der Waals surface area contributed by atoms with E-state index in [1.165, 1.54) is 0 Å². The van der Waals surface area contributed by atoms with Crippen LogP contribution in [0.1, 0.15) is 0 Å². The molecule has 88 valence electrons. The van der Waals surface area contributed by atoms with Crippen molar-refractivity contribution in [3.8, 4) is 11.3 Å². The molecule has 0 fully saturated rings. The van der Waals surface area contributed by atoms with Gasteiger partial charge in [0.05, 0.1) is 11.2 Å². The van der Waals surface area contributed by atoms with Crippen LogP contribution in [0.4, 0.5) is 5.82 Å². The van der Waals surface area contributed by atoms with E-state index in [-0.39, 0.29) is 0 Å². The lowest BCUT2D eigenvalue weighted by Crippen LogP contribution is -1.94. The fourth-order valence-electron chi connectivity index (χ4n) is 1.89. The van der Waals surface area contributed by atoms with Gasteiger partial charge in [-0.15, -0.1) is 0 Å². The van der Waals surface area contributed by atoms with E-state index >= 15 is 0 Å². The van der Waals surface area contributed by atoms with Gasteiger partial charge in [0, 0.05) is 30.3 Å². The van der Waals surface area contributed by atoms with E-state index in [0.717, 1.165) is 28.0 Å². The van der Waals surface area contributed by atoms with Crippen LogP contribution in [0.2, 0.25) is 0 Å². The molecule has 0 saturated heterocycles.